The van der Waals surface area contributed by atoms with E-state index in [9.17, 15) is 0 Å². The van der Waals surface area contributed by atoms with E-state index in [0.717, 1.165) is 0 Å². The smallest absolute Gasteiger partial charge is 0 e. The van der Waals surface area contributed by atoms with Gasteiger partial charge in [0.25, 0.3) is 0 Å². The molecule has 0 spiro atoms. The third kappa shape index (κ3) is 19.8. The third-order valence-electron chi connectivity index (χ3n) is 0. The van der Waals surface area contributed by atoms with Crippen molar-refractivity contribution in [3.8, 4) is 0 Å². The zero-order valence-electron chi connectivity index (χ0n) is 1.68. The van der Waals surface area contributed by atoms with Gasteiger partial charge in [-0.25, -0.2) is 0 Å². The van der Waals surface area contributed by atoms with Crippen molar-refractivity contribution in [3.63, 3.8) is 0 Å². The summed E-state index contributed by atoms with van der Waals surface area (Å²) in [6.07, 6.45) is 0. The minimum atomic E-state index is 0. The largest absolute Gasteiger partial charge is 0.187 e. The van der Waals surface area contributed by atoms with Crippen LogP contribution in [-0.2, 0) is 74.0 Å². The van der Waals surface area contributed by atoms with E-state index in [1.807, 2.05) is 0 Å². The topological polar surface area (TPSA) is 0 Å². The first-order valence-corrected chi connectivity index (χ1v) is 0. The van der Waals surface area contributed by atoms with Crippen molar-refractivity contribution in [2.75, 3.05) is 0 Å². The van der Waals surface area contributed by atoms with E-state index in [4.69, 9.17) is 0 Å². The summed E-state index contributed by atoms with van der Waals surface area (Å²) < 4.78 is 0. The molecule has 0 rings (SSSR count). The van der Waals surface area contributed by atoms with E-state index in [1.165, 1.54) is 0 Å². The molecule has 0 atom stereocenters. The third-order valence-corrected chi connectivity index (χ3v) is 0. The Kier molecular flexibility index (Phi) is 261. The SMILES string of the molecule is [AlH3].[Cu].[Fe].[Pd].[Zn]. The Morgan fingerprint density at radius 1 is 1.00 bits per heavy atom. The van der Waals surface area contributed by atoms with Gasteiger partial charge in [-0.3, -0.25) is 0 Å². The molecule has 0 heterocycles. The summed E-state index contributed by atoms with van der Waals surface area (Å²) in [5, 5.41) is 0. The average molecular weight is 321 g/mol. The first-order valence-electron chi connectivity index (χ1n) is 0. The van der Waals surface area contributed by atoms with E-state index in [0.29, 0.717) is 0 Å². The first-order chi connectivity index (χ1) is 0. The van der Waals surface area contributed by atoms with Gasteiger partial charge in [-0.05, 0) is 0 Å². The maximum Gasteiger partial charge on any atom is 0.187 e. The normalized spacial score (nSPS) is 0. The molecule has 0 bridgehead atoms. The Morgan fingerprint density at radius 2 is 1.00 bits per heavy atom. The fourth-order valence-electron chi connectivity index (χ4n) is 0. The molecule has 0 aromatic carbocycles. The summed E-state index contributed by atoms with van der Waals surface area (Å²) in [4.78, 5) is 0. The molecule has 0 nitrogen and oxygen atoms in total. The van der Waals surface area contributed by atoms with E-state index in [1.54, 1.807) is 0 Å². The summed E-state index contributed by atoms with van der Waals surface area (Å²) >= 11 is 0. The van der Waals surface area contributed by atoms with Crippen LogP contribution < -0.4 is 0 Å². The molecule has 0 aliphatic rings. The zero-order chi connectivity index (χ0) is 0. The molecule has 5 heteroatoms. The van der Waals surface area contributed by atoms with Crippen LogP contribution in [0.25, 0.3) is 0 Å². The molecular weight excluding hydrogens is 318 g/mol. The minimum absolute atomic E-state index is 0. The maximum atomic E-state index is 0. The predicted octanol–water partition coefficient (Wildman–Crippen LogP) is -1.19. The van der Waals surface area contributed by atoms with Gasteiger partial charge in [0.05, 0.1) is 0 Å². The second-order valence-corrected chi connectivity index (χ2v) is 0. The van der Waals surface area contributed by atoms with Gasteiger partial charge < -0.3 is 0 Å². The van der Waals surface area contributed by atoms with E-state index >= 15 is 0 Å². The summed E-state index contributed by atoms with van der Waals surface area (Å²) in [6.45, 7) is 0. The van der Waals surface area contributed by atoms with E-state index in [2.05, 4.69) is 0 Å². The molecule has 0 aromatic rings. The van der Waals surface area contributed by atoms with Crippen LogP contribution >= 0.6 is 0 Å². The maximum absolute atomic E-state index is 0. The summed E-state index contributed by atoms with van der Waals surface area (Å²) in [5.74, 6) is 0. The Hall–Kier alpha value is 2.86. The van der Waals surface area contributed by atoms with Crippen LogP contribution in [0.5, 0.6) is 0 Å². The van der Waals surface area contributed by atoms with Crippen LogP contribution in [0.1, 0.15) is 0 Å². The van der Waals surface area contributed by atoms with Crippen LogP contribution in [0.4, 0.5) is 0 Å². The average Bonchev–Trinajstić information content (AvgIpc) is 0. The number of hydrogen-bond donors (Lipinski definition) is 0. The predicted molar refractivity (Wildman–Crippen MR) is 9.94 cm³/mol. The van der Waals surface area contributed by atoms with Crippen LogP contribution in [0, 0.1) is 0 Å². The molecule has 37 valence electrons. The number of rotatable bonds is 0. The van der Waals surface area contributed by atoms with Crippen LogP contribution in [0.3, 0.4) is 0 Å². The first kappa shape index (κ1) is 45.3. The Morgan fingerprint density at radius 3 is 1.00 bits per heavy atom. The second kappa shape index (κ2) is 28.8. The van der Waals surface area contributed by atoms with Gasteiger partial charge in [0, 0.05) is 74.0 Å². The van der Waals surface area contributed by atoms with Crippen LogP contribution in [0.15, 0.2) is 0 Å². The van der Waals surface area contributed by atoms with Gasteiger partial charge in [0.1, 0.15) is 0 Å². The van der Waals surface area contributed by atoms with Crippen LogP contribution in [0.2, 0.25) is 0 Å². The van der Waals surface area contributed by atoms with Crippen molar-refractivity contribution in [1.29, 1.82) is 0 Å². The van der Waals surface area contributed by atoms with Gasteiger partial charge in [-0.15, -0.1) is 0 Å². The zero-order valence-corrected chi connectivity index (χ0v) is 8.25. The fraction of sp³-hybridized carbons (Fsp3) is 0. The van der Waals surface area contributed by atoms with Gasteiger partial charge in [-0.1, -0.05) is 0 Å². The van der Waals surface area contributed by atoms with Gasteiger partial charge in [0.2, 0.25) is 0 Å². The summed E-state index contributed by atoms with van der Waals surface area (Å²) in [5.41, 5.74) is 0. The fourth-order valence-corrected chi connectivity index (χ4v) is 0. The summed E-state index contributed by atoms with van der Waals surface area (Å²) in [7, 11) is 0. The molecule has 0 aliphatic carbocycles. The number of hydrogen-bond acceptors (Lipinski definition) is 0. The molecular formula is H3AlCuFePdZn. The van der Waals surface area contributed by atoms with Gasteiger partial charge in [-0.2, -0.15) is 0 Å². The molecule has 0 N–H and O–H groups in total. The minimum Gasteiger partial charge on any atom is 0 e. The van der Waals surface area contributed by atoms with Crippen LogP contribution in [-0.4, -0.2) is 17.4 Å². The van der Waals surface area contributed by atoms with E-state index < -0.39 is 0 Å². The van der Waals surface area contributed by atoms with Crippen molar-refractivity contribution in [2.24, 2.45) is 0 Å². The molecule has 5 heavy (non-hydrogen) atoms. The molecule has 0 aromatic heterocycles. The molecule has 0 fully saturated rings. The standard InChI is InChI=1S/Al.Cu.Fe.Pd.Zn.3H. The van der Waals surface area contributed by atoms with Crippen molar-refractivity contribution >= 4 is 17.4 Å². The van der Waals surface area contributed by atoms with Gasteiger partial charge >= 0.3 is 0 Å². The van der Waals surface area contributed by atoms with E-state index in [-0.39, 0.29) is 91.4 Å². The molecule has 0 unspecified atom stereocenters. The molecule has 0 saturated carbocycles. The Labute approximate surface area is 90.1 Å². The Bertz CT molecular complexity index is 11.6. The quantitative estimate of drug-likeness (QED) is 0.492. The van der Waals surface area contributed by atoms with Crippen molar-refractivity contribution in [3.05, 3.63) is 0 Å². The molecule has 0 aliphatic heterocycles. The van der Waals surface area contributed by atoms with Gasteiger partial charge in [0.15, 0.2) is 17.4 Å². The van der Waals surface area contributed by atoms with Crippen molar-refractivity contribution in [1.82, 2.24) is 0 Å². The monoisotopic (exact) mass is 319 g/mol. The summed E-state index contributed by atoms with van der Waals surface area (Å²) in [6, 6.07) is 0. The second-order valence-electron chi connectivity index (χ2n) is 0. The molecule has 0 amide bonds. The van der Waals surface area contributed by atoms with Crippen molar-refractivity contribution in [2.45, 2.75) is 0 Å². The Balaban J connectivity index is 0. The molecule has 0 saturated heterocycles. The van der Waals surface area contributed by atoms with Crippen molar-refractivity contribution < 1.29 is 74.0 Å². The molecule has 1 radical (unpaired) electrons.